The minimum Gasteiger partial charge on any atom is -0.504 e. The van der Waals surface area contributed by atoms with Crippen molar-refractivity contribution in [3.05, 3.63) is 23.8 Å². The monoisotopic (exact) mass is 268 g/mol. The molecule has 1 aromatic rings. The van der Waals surface area contributed by atoms with Gasteiger partial charge in [0.1, 0.15) is 6.29 Å². The number of carbonyl (C=O) groups is 2. The first-order chi connectivity index (χ1) is 8.96. The number of carbonyl (C=O) groups excluding carboxylic acids is 1. The Morgan fingerprint density at radius 1 is 1.47 bits per heavy atom. The largest absolute Gasteiger partial charge is 0.504 e. The van der Waals surface area contributed by atoms with E-state index < -0.39 is 5.97 Å². The molecule has 1 rings (SSSR count). The highest BCUT2D eigenvalue weighted by Crippen LogP contribution is 2.25. The van der Waals surface area contributed by atoms with Crippen molar-refractivity contribution in [2.75, 3.05) is 7.11 Å². The van der Waals surface area contributed by atoms with Gasteiger partial charge < -0.3 is 14.9 Å². The Hall–Kier alpha value is -2.04. The number of ether oxygens (including phenoxy) is 1. The van der Waals surface area contributed by atoms with Crippen molar-refractivity contribution in [1.29, 1.82) is 0 Å². The van der Waals surface area contributed by atoms with Gasteiger partial charge in [0.25, 0.3) is 0 Å². The Balaban J connectivity index is 0.000000362. The summed E-state index contributed by atoms with van der Waals surface area (Å²) in [5.74, 6) is -0.500. The molecule has 106 valence electrons. The van der Waals surface area contributed by atoms with Gasteiger partial charge in [-0.05, 0) is 24.6 Å². The average molecular weight is 268 g/mol. The number of carboxylic acids is 1. The molecule has 0 heterocycles. The van der Waals surface area contributed by atoms with Crippen molar-refractivity contribution in [3.63, 3.8) is 0 Å². The fourth-order valence-electron chi connectivity index (χ4n) is 1.32. The van der Waals surface area contributed by atoms with Gasteiger partial charge in [0.15, 0.2) is 11.5 Å². The molecule has 2 N–H and O–H groups in total. The summed E-state index contributed by atoms with van der Waals surface area (Å²) in [6.45, 7) is 3.71. The molecule has 0 saturated carbocycles. The van der Waals surface area contributed by atoms with Crippen molar-refractivity contribution in [3.8, 4) is 11.5 Å². The van der Waals surface area contributed by atoms with Crippen LogP contribution >= 0.6 is 0 Å². The van der Waals surface area contributed by atoms with Crippen LogP contribution in [0.2, 0.25) is 0 Å². The zero-order valence-corrected chi connectivity index (χ0v) is 11.4. The Kier molecular flexibility index (Phi) is 8.00. The summed E-state index contributed by atoms with van der Waals surface area (Å²) < 4.78 is 4.78. The molecule has 0 spiro atoms. The molecule has 0 bridgehead atoms. The van der Waals surface area contributed by atoms with E-state index in [9.17, 15) is 9.59 Å². The van der Waals surface area contributed by atoms with Gasteiger partial charge in [-0.15, -0.1) is 0 Å². The molecule has 5 heteroatoms. The van der Waals surface area contributed by atoms with E-state index in [4.69, 9.17) is 14.9 Å². The lowest BCUT2D eigenvalue weighted by Crippen LogP contribution is -2.08. The van der Waals surface area contributed by atoms with Crippen molar-refractivity contribution in [1.82, 2.24) is 0 Å². The third kappa shape index (κ3) is 6.45. The number of aromatic hydroxyl groups is 1. The number of aldehydes is 1. The summed E-state index contributed by atoms with van der Waals surface area (Å²) in [7, 11) is 1.43. The number of phenols is 1. The predicted molar refractivity (Wildman–Crippen MR) is 71.8 cm³/mol. The molecule has 0 aromatic heterocycles. The summed E-state index contributed by atoms with van der Waals surface area (Å²) in [6, 6.07) is 4.41. The number of hydrogen-bond acceptors (Lipinski definition) is 4. The summed E-state index contributed by atoms with van der Waals surface area (Å²) >= 11 is 0. The van der Waals surface area contributed by atoms with E-state index in [0.29, 0.717) is 17.6 Å². The van der Waals surface area contributed by atoms with E-state index >= 15 is 0 Å². The molecule has 1 atom stereocenters. The van der Waals surface area contributed by atoms with Gasteiger partial charge in [-0.2, -0.15) is 0 Å². The van der Waals surface area contributed by atoms with Crippen LogP contribution < -0.4 is 4.74 Å². The Labute approximate surface area is 112 Å². The van der Waals surface area contributed by atoms with E-state index in [1.165, 1.54) is 25.3 Å². The quantitative estimate of drug-likeness (QED) is 0.802. The average Bonchev–Trinajstić information content (AvgIpc) is 2.40. The van der Waals surface area contributed by atoms with Gasteiger partial charge in [0.05, 0.1) is 13.0 Å². The van der Waals surface area contributed by atoms with Crippen LogP contribution in [0.15, 0.2) is 18.2 Å². The number of phenolic OH excluding ortho intramolecular Hbond substituents is 1. The third-order valence-corrected chi connectivity index (χ3v) is 2.48. The number of rotatable bonds is 5. The van der Waals surface area contributed by atoms with Crippen molar-refractivity contribution in [2.24, 2.45) is 5.92 Å². The second-order valence-corrected chi connectivity index (χ2v) is 4.08. The highest BCUT2D eigenvalue weighted by molar-refractivity contribution is 5.76. The number of carboxylic acid groups (broad SMARTS) is 1. The zero-order valence-electron chi connectivity index (χ0n) is 11.4. The topological polar surface area (TPSA) is 83.8 Å². The fourth-order valence-corrected chi connectivity index (χ4v) is 1.32. The molecule has 0 fully saturated rings. The molecule has 19 heavy (non-hydrogen) atoms. The van der Waals surface area contributed by atoms with E-state index in [1.54, 1.807) is 6.92 Å². The molecule has 0 aliphatic heterocycles. The number of methoxy groups -OCH3 is 1. The van der Waals surface area contributed by atoms with Crippen LogP contribution in [0.1, 0.15) is 37.0 Å². The summed E-state index contributed by atoms with van der Waals surface area (Å²) in [6.07, 6.45) is 2.44. The molecular weight excluding hydrogens is 248 g/mol. The number of benzene rings is 1. The van der Waals surface area contributed by atoms with Crippen molar-refractivity contribution < 1.29 is 24.5 Å². The Morgan fingerprint density at radius 2 is 2.11 bits per heavy atom. The van der Waals surface area contributed by atoms with Crippen LogP contribution in [0.5, 0.6) is 11.5 Å². The van der Waals surface area contributed by atoms with Gasteiger partial charge >= 0.3 is 5.97 Å². The second-order valence-electron chi connectivity index (χ2n) is 4.08. The summed E-state index contributed by atoms with van der Waals surface area (Å²) in [5, 5.41) is 17.4. The molecule has 1 unspecified atom stereocenters. The van der Waals surface area contributed by atoms with Gasteiger partial charge in [0, 0.05) is 5.56 Å². The van der Waals surface area contributed by atoms with Gasteiger partial charge in [-0.1, -0.05) is 20.3 Å². The fraction of sp³-hybridized carbons (Fsp3) is 0.429. The lowest BCUT2D eigenvalue weighted by atomic mass is 10.1. The van der Waals surface area contributed by atoms with Gasteiger partial charge in [0.2, 0.25) is 0 Å². The molecule has 0 amide bonds. The first-order valence-electron chi connectivity index (χ1n) is 6.01. The number of aliphatic carboxylic acids is 1. The maximum Gasteiger partial charge on any atom is 0.306 e. The van der Waals surface area contributed by atoms with Crippen LogP contribution in [0.4, 0.5) is 0 Å². The van der Waals surface area contributed by atoms with E-state index in [1.807, 2.05) is 6.92 Å². The molecular formula is C14H20O5. The summed E-state index contributed by atoms with van der Waals surface area (Å²) in [5.41, 5.74) is 0.486. The second kappa shape index (κ2) is 8.97. The maximum absolute atomic E-state index is 10.2. The third-order valence-electron chi connectivity index (χ3n) is 2.48. The van der Waals surface area contributed by atoms with E-state index in [-0.39, 0.29) is 11.7 Å². The normalized spacial score (nSPS) is 10.9. The molecule has 1 aromatic carbocycles. The maximum atomic E-state index is 10.2. The smallest absolute Gasteiger partial charge is 0.306 e. The first kappa shape index (κ1) is 17.0. The van der Waals surface area contributed by atoms with Crippen molar-refractivity contribution in [2.45, 2.75) is 26.7 Å². The van der Waals surface area contributed by atoms with Crippen molar-refractivity contribution >= 4 is 12.3 Å². The first-order valence-corrected chi connectivity index (χ1v) is 6.01. The van der Waals surface area contributed by atoms with Crippen LogP contribution in [-0.2, 0) is 4.79 Å². The zero-order chi connectivity index (χ0) is 14.8. The minimum atomic E-state index is -0.688. The van der Waals surface area contributed by atoms with Crippen LogP contribution in [0.25, 0.3) is 0 Å². The van der Waals surface area contributed by atoms with E-state index in [0.717, 1.165) is 12.8 Å². The lowest BCUT2D eigenvalue weighted by molar-refractivity contribution is -0.141. The molecule has 5 nitrogen and oxygen atoms in total. The number of hydrogen-bond donors (Lipinski definition) is 2. The SMILES string of the molecule is CCCC(C)C(=O)O.COc1cc(C=O)ccc1O. The predicted octanol–water partition coefficient (Wildman–Crippen LogP) is 2.72. The lowest BCUT2D eigenvalue weighted by Gasteiger charge is -2.01. The standard InChI is InChI=1S/C8H8O3.C6H12O2/c1-11-8-4-6(5-9)2-3-7(8)10;1-3-4-5(2)6(7)8/h2-5,10H,1H3;5H,3-4H2,1-2H3,(H,7,8). The molecule has 0 radical (unpaired) electrons. The van der Waals surface area contributed by atoms with E-state index in [2.05, 4.69) is 0 Å². The summed E-state index contributed by atoms with van der Waals surface area (Å²) in [4.78, 5) is 20.3. The van der Waals surface area contributed by atoms with Crippen LogP contribution in [0, 0.1) is 5.92 Å². The Bertz CT molecular complexity index is 414. The van der Waals surface area contributed by atoms with Crippen LogP contribution in [0.3, 0.4) is 0 Å². The van der Waals surface area contributed by atoms with Gasteiger partial charge in [-0.25, -0.2) is 0 Å². The Morgan fingerprint density at radius 3 is 2.47 bits per heavy atom. The molecule has 0 aliphatic rings. The molecule has 0 saturated heterocycles. The highest BCUT2D eigenvalue weighted by atomic mass is 16.5. The van der Waals surface area contributed by atoms with Gasteiger partial charge in [-0.3, -0.25) is 9.59 Å². The minimum absolute atomic E-state index is 0.0399. The highest BCUT2D eigenvalue weighted by Gasteiger charge is 2.07. The molecule has 0 aliphatic carbocycles. The van der Waals surface area contributed by atoms with Crippen LogP contribution in [-0.4, -0.2) is 29.6 Å².